The number of nitrogens with zero attached hydrogens (tertiary/aromatic N) is 4. The molecule has 1 atom stereocenters. The summed E-state index contributed by atoms with van der Waals surface area (Å²) in [5.74, 6) is -0.444. The van der Waals surface area contributed by atoms with Gasteiger partial charge in [-0.15, -0.1) is 0 Å². The lowest BCUT2D eigenvalue weighted by atomic mass is 10.1. The molecule has 11 heteroatoms. The minimum absolute atomic E-state index is 0.0284. The van der Waals surface area contributed by atoms with Crippen molar-refractivity contribution in [1.82, 2.24) is 19.3 Å². The average Bonchev–Trinajstić information content (AvgIpc) is 3.27. The first-order chi connectivity index (χ1) is 14.2. The van der Waals surface area contributed by atoms with Crippen LogP contribution in [0.1, 0.15) is 29.7 Å². The summed E-state index contributed by atoms with van der Waals surface area (Å²) in [6.45, 7) is 1.20. The standard InChI is InChI=1S/C19H19N5O5S/c1-12(25)13-2-4-14(5-3-13)22-17(26)9-23-11-20-18-16(19(23)27)8-21-24(18)15-6-7-30(28,29)10-15/h2-5,8,11,15H,6-7,9-10H2,1H3,(H,22,26). The minimum Gasteiger partial charge on any atom is -0.325 e. The van der Waals surface area contributed by atoms with Gasteiger partial charge in [-0.25, -0.2) is 18.1 Å². The van der Waals surface area contributed by atoms with Crippen LogP contribution in [0.5, 0.6) is 0 Å². The molecule has 1 unspecified atom stereocenters. The van der Waals surface area contributed by atoms with Crippen LogP contribution in [0, 0.1) is 0 Å². The number of ketones is 1. The van der Waals surface area contributed by atoms with Crippen molar-refractivity contribution >= 4 is 38.2 Å². The molecule has 0 spiro atoms. The monoisotopic (exact) mass is 429 g/mol. The summed E-state index contributed by atoms with van der Waals surface area (Å²) < 4.78 is 26.1. The van der Waals surface area contributed by atoms with E-state index in [0.29, 0.717) is 23.3 Å². The van der Waals surface area contributed by atoms with Crippen molar-refractivity contribution in [2.45, 2.75) is 25.9 Å². The molecule has 156 valence electrons. The molecule has 1 aliphatic heterocycles. The fourth-order valence-corrected chi connectivity index (χ4v) is 5.15. The molecule has 1 saturated heterocycles. The summed E-state index contributed by atoms with van der Waals surface area (Å²) in [4.78, 5) is 40.6. The Kier molecular flexibility index (Phi) is 4.98. The Labute approximate surface area is 171 Å². The van der Waals surface area contributed by atoms with E-state index in [1.165, 1.54) is 28.7 Å². The van der Waals surface area contributed by atoms with E-state index in [1.54, 1.807) is 24.3 Å². The van der Waals surface area contributed by atoms with E-state index in [-0.39, 0.29) is 35.3 Å². The minimum atomic E-state index is -3.11. The molecule has 1 fully saturated rings. The number of carbonyl (C=O) groups is 2. The first-order valence-electron chi connectivity index (χ1n) is 9.27. The molecule has 3 heterocycles. The molecule has 3 aromatic rings. The number of rotatable bonds is 5. The van der Waals surface area contributed by atoms with Gasteiger partial charge in [0.2, 0.25) is 5.91 Å². The van der Waals surface area contributed by atoms with Crippen LogP contribution >= 0.6 is 0 Å². The van der Waals surface area contributed by atoms with E-state index in [0.717, 1.165) is 0 Å². The van der Waals surface area contributed by atoms with Crippen molar-refractivity contribution in [3.63, 3.8) is 0 Å². The number of sulfone groups is 1. The zero-order valence-corrected chi connectivity index (χ0v) is 16.9. The normalized spacial score (nSPS) is 17.8. The van der Waals surface area contributed by atoms with Crippen LogP contribution in [0.15, 0.2) is 41.6 Å². The fraction of sp³-hybridized carbons (Fsp3) is 0.316. The predicted molar refractivity (Wildman–Crippen MR) is 109 cm³/mol. The molecule has 0 radical (unpaired) electrons. The van der Waals surface area contributed by atoms with Crippen LogP contribution in [-0.2, 0) is 21.2 Å². The first kappa shape index (κ1) is 20.0. The summed E-state index contributed by atoms with van der Waals surface area (Å²) in [5, 5.41) is 7.05. The van der Waals surface area contributed by atoms with Crippen LogP contribution in [0.2, 0.25) is 0 Å². The summed E-state index contributed by atoms with van der Waals surface area (Å²) in [6.07, 6.45) is 3.03. The smallest absolute Gasteiger partial charge is 0.264 e. The highest BCUT2D eigenvalue weighted by Gasteiger charge is 2.31. The van der Waals surface area contributed by atoms with E-state index < -0.39 is 21.3 Å². The lowest BCUT2D eigenvalue weighted by Crippen LogP contribution is -2.28. The second-order valence-corrected chi connectivity index (χ2v) is 9.47. The molecule has 10 nitrogen and oxygen atoms in total. The topological polar surface area (TPSA) is 133 Å². The Morgan fingerprint density at radius 1 is 1.23 bits per heavy atom. The van der Waals surface area contributed by atoms with Gasteiger partial charge in [0.1, 0.15) is 18.3 Å². The summed E-state index contributed by atoms with van der Waals surface area (Å²) in [5.41, 5.74) is 0.904. The fourth-order valence-electron chi connectivity index (χ4n) is 3.46. The maximum atomic E-state index is 12.7. The molecule has 1 amide bonds. The predicted octanol–water partition coefficient (Wildman–Crippen LogP) is 0.794. The Hall–Kier alpha value is -3.34. The largest absolute Gasteiger partial charge is 0.325 e. The molecule has 1 aromatic carbocycles. The number of carbonyl (C=O) groups excluding carboxylic acids is 2. The van der Waals surface area contributed by atoms with Gasteiger partial charge in [-0.3, -0.25) is 19.0 Å². The van der Waals surface area contributed by atoms with Crippen molar-refractivity contribution in [3.05, 3.63) is 52.7 Å². The lowest BCUT2D eigenvalue weighted by Gasteiger charge is -2.10. The Bertz CT molecular complexity index is 1310. The van der Waals surface area contributed by atoms with E-state index in [1.807, 2.05) is 0 Å². The van der Waals surface area contributed by atoms with Gasteiger partial charge in [0.25, 0.3) is 5.56 Å². The SMILES string of the molecule is CC(=O)c1ccc(NC(=O)Cn2cnc3c(cnn3C3CCS(=O)(=O)C3)c2=O)cc1. The molecular weight excluding hydrogens is 410 g/mol. The van der Waals surface area contributed by atoms with Gasteiger partial charge in [0.15, 0.2) is 21.3 Å². The number of benzene rings is 1. The van der Waals surface area contributed by atoms with E-state index >= 15 is 0 Å². The molecule has 0 saturated carbocycles. The quantitative estimate of drug-likeness (QED) is 0.593. The van der Waals surface area contributed by atoms with Crippen molar-refractivity contribution in [2.24, 2.45) is 0 Å². The highest BCUT2D eigenvalue weighted by molar-refractivity contribution is 7.91. The highest BCUT2D eigenvalue weighted by atomic mass is 32.2. The number of fused-ring (bicyclic) bond motifs is 1. The average molecular weight is 429 g/mol. The Morgan fingerprint density at radius 2 is 1.97 bits per heavy atom. The Balaban J connectivity index is 1.52. The van der Waals surface area contributed by atoms with Gasteiger partial charge in [-0.2, -0.15) is 5.10 Å². The van der Waals surface area contributed by atoms with Gasteiger partial charge in [0.05, 0.1) is 23.7 Å². The van der Waals surface area contributed by atoms with Crippen LogP contribution < -0.4 is 10.9 Å². The van der Waals surface area contributed by atoms with Crippen LogP contribution in [0.3, 0.4) is 0 Å². The number of nitrogens with one attached hydrogen (secondary N) is 1. The van der Waals surface area contributed by atoms with E-state index in [2.05, 4.69) is 15.4 Å². The third kappa shape index (κ3) is 3.88. The second kappa shape index (κ2) is 7.48. The van der Waals surface area contributed by atoms with Crippen molar-refractivity contribution < 1.29 is 18.0 Å². The number of aromatic nitrogens is 4. The van der Waals surface area contributed by atoms with Gasteiger partial charge < -0.3 is 5.32 Å². The molecule has 0 aliphatic carbocycles. The first-order valence-corrected chi connectivity index (χ1v) is 11.1. The summed E-state index contributed by atoms with van der Waals surface area (Å²) >= 11 is 0. The van der Waals surface area contributed by atoms with E-state index in [9.17, 15) is 22.8 Å². The van der Waals surface area contributed by atoms with Crippen LogP contribution in [-0.4, -0.2) is 50.9 Å². The van der Waals surface area contributed by atoms with Crippen LogP contribution in [0.25, 0.3) is 11.0 Å². The third-order valence-corrected chi connectivity index (χ3v) is 6.77. The van der Waals surface area contributed by atoms with Crippen LogP contribution in [0.4, 0.5) is 5.69 Å². The number of Topliss-reactive ketones (excluding diaryl/α,β-unsaturated/α-hetero) is 1. The third-order valence-electron chi connectivity index (χ3n) is 5.02. The molecule has 0 bridgehead atoms. The molecule has 1 aliphatic rings. The molecule has 1 N–H and O–H groups in total. The summed E-state index contributed by atoms with van der Waals surface area (Å²) in [6, 6.07) is 6.08. The highest BCUT2D eigenvalue weighted by Crippen LogP contribution is 2.25. The van der Waals surface area contributed by atoms with Crippen molar-refractivity contribution in [2.75, 3.05) is 16.8 Å². The Morgan fingerprint density at radius 3 is 2.60 bits per heavy atom. The summed E-state index contributed by atoms with van der Waals surface area (Å²) in [7, 11) is -3.11. The number of amides is 1. The molecule has 2 aromatic heterocycles. The zero-order chi connectivity index (χ0) is 21.5. The van der Waals surface area contributed by atoms with Gasteiger partial charge in [-0.1, -0.05) is 0 Å². The number of hydrogen-bond acceptors (Lipinski definition) is 7. The van der Waals surface area contributed by atoms with Crippen molar-refractivity contribution in [3.8, 4) is 0 Å². The number of hydrogen-bond donors (Lipinski definition) is 1. The maximum absolute atomic E-state index is 12.7. The van der Waals surface area contributed by atoms with Gasteiger partial charge >= 0.3 is 0 Å². The molecular formula is C19H19N5O5S. The van der Waals surface area contributed by atoms with Crippen molar-refractivity contribution in [1.29, 1.82) is 0 Å². The maximum Gasteiger partial charge on any atom is 0.264 e. The number of anilines is 1. The van der Waals surface area contributed by atoms with Gasteiger partial charge in [0, 0.05) is 11.3 Å². The molecule has 30 heavy (non-hydrogen) atoms. The second-order valence-electron chi connectivity index (χ2n) is 7.24. The van der Waals surface area contributed by atoms with E-state index in [4.69, 9.17) is 0 Å². The zero-order valence-electron chi connectivity index (χ0n) is 16.1. The van der Waals surface area contributed by atoms with Gasteiger partial charge in [-0.05, 0) is 37.6 Å². The lowest BCUT2D eigenvalue weighted by molar-refractivity contribution is -0.116. The molecule has 4 rings (SSSR count).